The van der Waals surface area contributed by atoms with Crippen LogP contribution in [0, 0.1) is 18.3 Å². The van der Waals surface area contributed by atoms with Crippen molar-refractivity contribution < 1.29 is 22.7 Å². The number of morpholine rings is 1. The molecule has 0 aromatic carbocycles. The maximum absolute atomic E-state index is 12.9. The standard InChI is InChI=1S/C23H19F3N6O2/c1-14-19(17-8-16(11-27)21(30-12-17)32-4-6-34-7-5-32)10-18(13-29-14)31-22(33)15-2-3-28-20(9-15)23(24,25)26/h2-3,8-10,12-13H,4-7H2,1H3,(H,31,33). The van der Waals surface area contributed by atoms with Gasteiger partial charge in [-0.05, 0) is 31.2 Å². The summed E-state index contributed by atoms with van der Waals surface area (Å²) >= 11 is 0. The Morgan fingerprint density at radius 1 is 1.15 bits per heavy atom. The van der Waals surface area contributed by atoms with E-state index in [1.807, 2.05) is 4.90 Å². The van der Waals surface area contributed by atoms with Crippen LogP contribution in [0.25, 0.3) is 11.1 Å². The van der Waals surface area contributed by atoms with E-state index in [1.165, 1.54) is 12.3 Å². The molecule has 174 valence electrons. The third kappa shape index (κ3) is 4.97. The first kappa shape index (κ1) is 23.1. The molecule has 0 bridgehead atoms. The van der Waals surface area contributed by atoms with Crippen molar-refractivity contribution in [1.82, 2.24) is 15.0 Å². The number of aryl methyl sites for hydroxylation is 1. The van der Waals surface area contributed by atoms with Gasteiger partial charge in [-0.25, -0.2) is 4.98 Å². The Morgan fingerprint density at radius 3 is 2.62 bits per heavy atom. The Balaban J connectivity index is 1.60. The zero-order valence-electron chi connectivity index (χ0n) is 18.1. The number of halogens is 3. The minimum atomic E-state index is -4.66. The van der Waals surface area contributed by atoms with Crippen LogP contribution in [0.15, 0.2) is 42.9 Å². The molecule has 1 aliphatic rings. The quantitative estimate of drug-likeness (QED) is 0.621. The summed E-state index contributed by atoms with van der Waals surface area (Å²) in [6.07, 6.45) is -0.696. The van der Waals surface area contributed by atoms with Crippen LogP contribution in [0.3, 0.4) is 0 Å². The van der Waals surface area contributed by atoms with Gasteiger partial charge < -0.3 is 15.0 Å². The monoisotopic (exact) mass is 468 g/mol. The van der Waals surface area contributed by atoms with Crippen LogP contribution in [-0.2, 0) is 10.9 Å². The number of alkyl halides is 3. The van der Waals surface area contributed by atoms with Crippen molar-refractivity contribution >= 4 is 17.4 Å². The lowest BCUT2D eigenvalue weighted by Gasteiger charge is -2.28. The highest BCUT2D eigenvalue weighted by Gasteiger charge is 2.33. The minimum Gasteiger partial charge on any atom is -0.378 e. The largest absolute Gasteiger partial charge is 0.433 e. The zero-order valence-corrected chi connectivity index (χ0v) is 18.1. The van der Waals surface area contributed by atoms with Crippen LogP contribution in [-0.4, -0.2) is 47.2 Å². The van der Waals surface area contributed by atoms with Crippen molar-refractivity contribution in [2.75, 3.05) is 36.5 Å². The molecule has 0 aliphatic carbocycles. The van der Waals surface area contributed by atoms with E-state index in [1.54, 1.807) is 25.3 Å². The number of nitrogens with one attached hydrogen (secondary N) is 1. The second kappa shape index (κ2) is 9.44. The number of rotatable bonds is 4. The lowest BCUT2D eigenvalue weighted by Crippen LogP contribution is -2.37. The van der Waals surface area contributed by atoms with Crippen LogP contribution >= 0.6 is 0 Å². The summed E-state index contributed by atoms with van der Waals surface area (Å²) in [5, 5.41) is 12.2. The van der Waals surface area contributed by atoms with Crippen molar-refractivity contribution in [1.29, 1.82) is 5.26 Å². The first-order chi connectivity index (χ1) is 16.3. The number of aromatic nitrogens is 3. The van der Waals surface area contributed by atoms with Gasteiger partial charge in [0.25, 0.3) is 5.91 Å². The highest BCUT2D eigenvalue weighted by Crippen LogP contribution is 2.30. The van der Waals surface area contributed by atoms with E-state index in [0.717, 1.165) is 6.20 Å². The molecule has 0 radical (unpaired) electrons. The van der Waals surface area contributed by atoms with Crippen LogP contribution in [0.4, 0.5) is 24.7 Å². The van der Waals surface area contributed by atoms with Crippen molar-refractivity contribution in [2.45, 2.75) is 13.1 Å². The van der Waals surface area contributed by atoms with Gasteiger partial charge in [-0.3, -0.25) is 14.8 Å². The molecule has 0 unspecified atom stereocenters. The molecule has 1 aliphatic heterocycles. The Labute approximate surface area is 193 Å². The molecule has 1 amide bonds. The molecular weight excluding hydrogens is 449 g/mol. The molecule has 3 aromatic heterocycles. The molecule has 1 fully saturated rings. The van der Waals surface area contributed by atoms with Crippen LogP contribution in [0.2, 0.25) is 0 Å². The number of hydrogen-bond donors (Lipinski definition) is 1. The predicted molar refractivity (Wildman–Crippen MR) is 117 cm³/mol. The number of nitrogens with zero attached hydrogens (tertiary/aromatic N) is 5. The molecule has 3 aromatic rings. The van der Waals surface area contributed by atoms with Crippen molar-refractivity contribution in [3.05, 3.63) is 65.4 Å². The number of anilines is 2. The van der Waals surface area contributed by atoms with E-state index in [9.17, 15) is 23.2 Å². The summed E-state index contributed by atoms with van der Waals surface area (Å²) in [5.41, 5.74) is 1.22. The average molecular weight is 468 g/mol. The fourth-order valence-electron chi connectivity index (χ4n) is 3.54. The van der Waals surface area contributed by atoms with Gasteiger partial charge in [0.05, 0.1) is 30.7 Å². The van der Waals surface area contributed by atoms with Gasteiger partial charge in [-0.1, -0.05) is 0 Å². The molecule has 34 heavy (non-hydrogen) atoms. The summed E-state index contributed by atoms with van der Waals surface area (Å²) in [6.45, 7) is 4.14. The summed E-state index contributed by atoms with van der Waals surface area (Å²) in [6, 6.07) is 7.39. The maximum atomic E-state index is 12.9. The smallest absolute Gasteiger partial charge is 0.378 e. The normalized spacial score (nSPS) is 13.9. The number of carbonyl (C=O) groups is 1. The number of ether oxygens (including phenoxy) is 1. The molecule has 1 N–H and O–H groups in total. The van der Waals surface area contributed by atoms with E-state index in [-0.39, 0.29) is 11.3 Å². The van der Waals surface area contributed by atoms with Gasteiger partial charge in [0.15, 0.2) is 0 Å². The first-order valence-electron chi connectivity index (χ1n) is 10.3. The van der Waals surface area contributed by atoms with Crippen molar-refractivity contribution in [3.63, 3.8) is 0 Å². The summed E-state index contributed by atoms with van der Waals surface area (Å²) in [4.78, 5) is 26.5. The zero-order chi connectivity index (χ0) is 24.3. The highest BCUT2D eigenvalue weighted by molar-refractivity contribution is 6.04. The van der Waals surface area contributed by atoms with E-state index in [2.05, 4.69) is 26.3 Å². The number of hydrogen-bond acceptors (Lipinski definition) is 7. The first-order valence-corrected chi connectivity index (χ1v) is 10.3. The van der Waals surface area contributed by atoms with Crippen LogP contribution in [0.1, 0.15) is 27.3 Å². The second-order valence-electron chi connectivity index (χ2n) is 7.54. The topological polar surface area (TPSA) is 104 Å². The molecule has 1 saturated heterocycles. The molecule has 0 spiro atoms. The van der Waals surface area contributed by atoms with E-state index in [0.29, 0.717) is 60.6 Å². The van der Waals surface area contributed by atoms with E-state index < -0.39 is 17.8 Å². The summed E-state index contributed by atoms with van der Waals surface area (Å²) in [5.74, 6) is -0.161. The van der Waals surface area contributed by atoms with Gasteiger partial charge >= 0.3 is 6.18 Å². The third-order valence-corrected chi connectivity index (χ3v) is 5.27. The number of nitriles is 1. The highest BCUT2D eigenvalue weighted by atomic mass is 19.4. The fourth-order valence-corrected chi connectivity index (χ4v) is 3.54. The Bertz CT molecular complexity index is 1270. The van der Waals surface area contributed by atoms with Crippen LogP contribution < -0.4 is 10.2 Å². The van der Waals surface area contributed by atoms with Gasteiger partial charge in [0.2, 0.25) is 0 Å². The van der Waals surface area contributed by atoms with Crippen molar-refractivity contribution in [3.8, 4) is 17.2 Å². The predicted octanol–water partition coefficient (Wildman–Crippen LogP) is 3.83. The van der Waals surface area contributed by atoms with Crippen LogP contribution in [0.5, 0.6) is 0 Å². The van der Waals surface area contributed by atoms with Gasteiger partial charge in [0, 0.05) is 47.9 Å². The fraction of sp³-hybridized carbons (Fsp3) is 0.261. The van der Waals surface area contributed by atoms with E-state index in [4.69, 9.17) is 4.74 Å². The molecule has 11 heteroatoms. The maximum Gasteiger partial charge on any atom is 0.433 e. The molecule has 0 saturated carbocycles. The Morgan fingerprint density at radius 2 is 1.91 bits per heavy atom. The van der Waals surface area contributed by atoms with Gasteiger partial charge in [-0.15, -0.1) is 0 Å². The molecular formula is C23H19F3N6O2. The van der Waals surface area contributed by atoms with Gasteiger partial charge in [-0.2, -0.15) is 18.4 Å². The molecule has 8 nitrogen and oxygen atoms in total. The minimum absolute atomic E-state index is 0.187. The summed E-state index contributed by atoms with van der Waals surface area (Å²) < 4.78 is 44.1. The lowest BCUT2D eigenvalue weighted by atomic mass is 10.0. The van der Waals surface area contributed by atoms with Gasteiger partial charge in [0.1, 0.15) is 17.6 Å². The summed E-state index contributed by atoms with van der Waals surface area (Å²) in [7, 11) is 0. The Hall–Kier alpha value is -4.04. The molecule has 4 rings (SSSR count). The number of amides is 1. The Kier molecular flexibility index (Phi) is 6.43. The molecule has 4 heterocycles. The third-order valence-electron chi connectivity index (χ3n) is 5.27. The SMILES string of the molecule is Cc1ncc(NC(=O)c2ccnc(C(F)(F)F)c2)cc1-c1cnc(N2CCOCC2)c(C#N)c1. The van der Waals surface area contributed by atoms with E-state index >= 15 is 0 Å². The second-order valence-corrected chi connectivity index (χ2v) is 7.54. The molecule has 0 atom stereocenters. The number of carbonyl (C=O) groups excluding carboxylic acids is 1. The average Bonchev–Trinajstić information content (AvgIpc) is 2.85. The van der Waals surface area contributed by atoms with Crippen molar-refractivity contribution in [2.24, 2.45) is 0 Å². The lowest BCUT2D eigenvalue weighted by molar-refractivity contribution is -0.141. The number of pyridine rings is 3.